The van der Waals surface area contributed by atoms with Crippen molar-refractivity contribution in [2.75, 3.05) is 6.61 Å². The standard InChI is InChI=1S/C11H14O2S/c1-7-8(2)14-6-10(7)11(12)9-3-4-13-5-9/h5-6,11-12H,3-4H2,1-2H3. The van der Waals surface area contributed by atoms with Gasteiger partial charge in [-0.05, 0) is 30.4 Å². The lowest BCUT2D eigenvalue weighted by molar-refractivity contribution is 0.213. The molecule has 3 heteroatoms. The first-order chi connectivity index (χ1) is 6.70. The van der Waals surface area contributed by atoms with E-state index in [2.05, 4.69) is 13.8 Å². The molecule has 0 saturated carbocycles. The Morgan fingerprint density at radius 3 is 2.79 bits per heavy atom. The highest BCUT2D eigenvalue weighted by molar-refractivity contribution is 7.10. The highest BCUT2D eigenvalue weighted by atomic mass is 32.1. The molecule has 0 aromatic carbocycles. The zero-order valence-corrected chi connectivity index (χ0v) is 9.23. The molecule has 2 heterocycles. The van der Waals surface area contributed by atoms with Crippen molar-refractivity contribution in [3.05, 3.63) is 33.2 Å². The summed E-state index contributed by atoms with van der Waals surface area (Å²) in [4.78, 5) is 1.28. The average Bonchev–Trinajstić information content (AvgIpc) is 2.77. The van der Waals surface area contributed by atoms with E-state index >= 15 is 0 Å². The molecular formula is C11H14O2S. The summed E-state index contributed by atoms with van der Waals surface area (Å²) in [6.45, 7) is 4.84. The first-order valence-electron chi connectivity index (χ1n) is 4.73. The lowest BCUT2D eigenvalue weighted by Gasteiger charge is -2.10. The molecule has 1 unspecified atom stereocenters. The Morgan fingerprint density at radius 1 is 1.50 bits per heavy atom. The molecule has 1 N–H and O–H groups in total. The molecule has 1 aromatic rings. The Balaban J connectivity index is 2.26. The third-order valence-corrected chi connectivity index (χ3v) is 3.74. The van der Waals surface area contributed by atoms with E-state index in [0.29, 0.717) is 6.61 Å². The van der Waals surface area contributed by atoms with Crippen LogP contribution in [0.25, 0.3) is 0 Å². The van der Waals surface area contributed by atoms with Crippen molar-refractivity contribution in [1.82, 2.24) is 0 Å². The van der Waals surface area contributed by atoms with Gasteiger partial charge in [0.05, 0.1) is 12.9 Å². The van der Waals surface area contributed by atoms with E-state index in [1.807, 2.05) is 5.38 Å². The van der Waals surface area contributed by atoms with Gasteiger partial charge in [-0.3, -0.25) is 0 Å². The molecule has 76 valence electrons. The molecule has 1 aromatic heterocycles. The number of ether oxygens (including phenoxy) is 1. The monoisotopic (exact) mass is 210 g/mol. The van der Waals surface area contributed by atoms with E-state index in [9.17, 15) is 5.11 Å². The molecule has 0 fully saturated rings. The van der Waals surface area contributed by atoms with Crippen LogP contribution in [0.15, 0.2) is 17.2 Å². The van der Waals surface area contributed by atoms with E-state index < -0.39 is 6.10 Å². The van der Waals surface area contributed by atoms with Crippen LogP contribution >= 0.6 is 11.3 Å². The van der Waals surface area contributed by atoms with Crippen molar-refractivity contribution < 1.29 is 9.84 Å². The zero-order valence-electron chi connectivity index (χ0n) is 8.41. The number of hydrogen-bond donors (Lipinski definition) is 1. The molecule has 0 spiro atoms. The molecule has 14 heavy (non-hydrogen) atoms. The fourth-order valence-electron chi connectivity index (χ4n) is 1.60. The van der Waals surface area contributed by atoms with Crippen LogP contribution in [0.4, 0.5) is 0 Å². The van der Waals surface area contributed by atoms with Gasteiger partial charge < -0.3 is 9.84 Å². The second kappa shape index (κ2) is 3.75. The van der Waals surface area contributed by atoms with E-state index in [1.54, 1.807) is 17.6 Å². The summed E-state index contributed by atoms with van der Waals surface area (Å²) in [7, 11) is 0. The number of aryl methyl sites for hydroxylation is 1. The normalized spacial score (nSPS) is 17.8. The Kier molecular flexibility index (Phi) is 2.61. The summed E-state index contributed by atoms with van der Waals surface area (Å²) >= 11 is 1.69. The molecule has 1 aliphatic rings. The van der Waals surface area contributed by atoms with E-state index in [4.69, 9.17) is 4.74 Å². The van der Waals surface area contributed by atoms with Crippen molar-refractivity contribution >= 4 is 11.3 Å². The molecular weight excluding hydrogens is 196 g/mol. The number of hydrogen-bond acceptors (Lipinski definition) is 3. The fraction of sp³-hybridized carbons (Fsp3) is 0.455. The quantitative estimate of drug-likeness (QED) is 0.813. The van der Waals surface area contributed by atoms with Gasteiger partial charge in [-0.25, -0.2) is 0 Å². The van der Waals surface area contributed by atoms with E-state index in [-0.39, 0.29) is 0 Å². The van der Waals surface area contributed by atoms with Crippen molar-refractivity contribution in [3.8, 4) is 0 Å². The molecule has 2 rings (SSSR count). The minimum atomic E-state index is -0.470. The SMILES string of the molecule is Cc1scc(C(O)C2=COCC2)c1C. The number of aliphatic hydroxyl groups is 1. The van der Waals surface area contributed by atoms with Crippen LogP contribution in [0.1, 0.15) is 28.5 Å². The largest absolute Gasteiger partial charge is 0.501 e. The van der Waals surface area contributed by atoms with Gasteiger partial charge in [0, 0.05) is 16.9 Å². The third kappa shape index (κ3) is 1.57. The maximum atomic E-state index is 10.1. The van der Waals surface area contributed by atoms with Crippen molar-refractivity contribution in [2.45, 2.75) is 26.4 Å². The van der Waals surface area contributed by atoms with Crippen LogP contribution in [0, 0.1) is 13.8 Å². The average molecular weight is 210 g/mol. The van der Waals surface area contributed by atoms with E-state index in [0.717, 1.165) is 17.6 Å². The molecule has 2 nitrogen and oxygen atoms in total. The fourth-order valence-corrected chi connectivity index (χ4v) is 2.51. The molecule has 0 aliphatic carbocycles. The van der Waals surface area contributed by atoms with Gasteiger partial charge >= 0.3 is 0 Å². The van der Waals surface area contributed by atoms with Gasteiger partial charge in [0.25, 0.3) is 0 Å². The van der Waals surface area contributed by atoms with Crippen molar-refractivity contribution in [2.24, 2.45) is 0 Å². The highest BCUT2D eigenvalue weighted by Crippen LogP contribution is 2.33. The summed E-state index contributed by atoms with van der Waals surface area (Å²) in [5, 5.41) is 12.1. The third-order valence-electron chi connectivity index (χ3n) is 2.71. The Labute approximate surface area is 87.8 Å². The number of aliphatic hydroxyl groups excluding tert-OH is 1. The summed E-state index contributed by atoms with van der Waals surface area (Å²) in [5.41, 5.74) is 3.23. The smallest absolute Gasteiger partial charge is 0.104 e. The molecule has 1 atom stereocenters. The van der Waals surface area contributed by atoms with Gasteiger partial charge in [-0.1, -0.05) is 0 Å². The van der Waals surface area contributed by atoms with Crippen LogP contribution in [-0.4, -0.2) is 11.7 Å². The molecule has 0 amide bonds. The first-order valence-corrected chi connectivity index (χ1v) is 5.61. The van der Waals surface area contributed by atoms with Crippen LogP contribution in [0.3, 0.4) is 0 Å². The summed E-state index contributed by atoms with van der Waals surface area (Å²) in [6, 6.07) is 0. The van der Waals surface area contributed by atoms with Gasteiger partial charge in [0.15, 0.2) is 0 Å². The lowest BCUT2D eigenvalue weighted by atomic mass is 10.00. The zero-order chi connectivity index (χ0) is 10.1. The second-order valence-corrected chi connectivity index (χ2v) is 4.67. The maximum Gasteiger partial charge on any atom is 0.104 e. The van der Waals surface area contributed by atoms with Gasteiger partial charge in [-0.15, -0.1) is 11.3 Å². The topological polar surface area (TPSA) is 29.5 Å². The van der Waals surface area contributed by atoms with Crippen LogP contribution in [-0.2, 0) is 4.74 Å². The van der Waals surface area contributed by atoms with Crippen molar-refractivity contribution in [3.63, 3.8) is 0 Å². The van der Waals surface area contributed by atoms with Crippen LogP contribution < -0.4 is 0 Å². The highest BCUT2D eigenvalue weighted by Gasteiger charge is 2.20. The summed E-state index contributed by atoms with van der Waals surface area (Å²) in [6.07, 6.45) is 2.06. The molecule has 0 saturated heterocycles. The lowest BCUT2D eigenvalue weighted by Crippen LogP contribution is -2.00. The van der Waals surface area contributed by atoms with E-state index in [1.165, 1.54) is 10.4 Å². The maximum absolute atomic E-state index is 10.1. The van der Waals surface area contributed by atoms with Crippen LogP contribution in [0.5, 0.6) is 0 Å². The molecule has 0 radical (unpaired) electrons. The Morgan fingerprint density at radius 2 is 2.29 bits per heavy atom. The Bertz CT molecular complexity index is 365. The number of rotatable bonds is 2. The minimum absolute atomic E-state index is 0.470. The number of thiophene rings is 1. The predicted octanol–water partition coefficient (Wildman–Crippen LogP) is 2.70. The van der Waals surface area contributed by atoms with Gasteiger partial charge in [0.2, 0.25) is 0 Å². The van der Waals surface area contributed by atoms with Crippen LogP contribution in [0.2, 0.25) is 0 Å². The second-order valence-electron chi connectivity index (χ2n) is 3.59. The van der Waals surface area contributed by atoms with Gasteiger partial charge in [-0.2, -0.15) is 0 Å². The predicted molar refractivity (Wildman–Crippen MR) is 57.4 cm³/mol. The molecule has 0 bridgehead atoms. The first kappa shape index (κ1) is 9.74. The minimum Gasteiger partial charge on any atom is -0.501 e. The summed E-state index contributed by atoms with van der Waals surface area (Å²) in [5.74, 6) is 0. The van der Waals surface area contributed by atoms with Crippen molar-refractivity contribution in [1.29, 1.82) is 0 Å². The molecule has 1 aliphatic heterocycles. The summed E-state index contributed by atoms with van der Waals surface area (Å²) < 4.78 is 5.13. The Hall–Kier alpha value is -0.800. The van der Waals surface area contributed by atoms with Gasteiger partial charge in [0.1, 0.15) is 6.10 Å².